The van der Waals surface area contributed by atoms with Gasteiger partial charge in [0.25, 0.3) is 6.39 Å². The summed E-state index contributed by atoms with van der Waals surface area (Å²) >= 11 is 0. The van der Waals surface area contributed by atoms with Gasteiger partial charge >= 0.3 is 0 Å². The average Bonchev–Trinajstić information content (AvgIpc) is 2.86. The molecule has 0 amide bonds. The zero-order valence-electron chi connectivity index (χ0n) is 8.83. The van der Waals surface area contributed by atoms with E-state index in [1.807, 2.05) is 18.2 Å². The molecule has 0 N–H and O–H groups in total. The van der Waals surface area contributed by atoms with Crippen LogP contribution in [0.2, 0.25) is 0 Å². The van der Waals surface area contributed by atoms with Gasteiger partial charge in [0.2, 0.25) is 0 Å². The first kappa shape index (κ1) is 9.77. The first-order valence-electron chi connectivity index (χ1n) is 5.07. The number of rotatable bonds is 3. The maximum absolute atomic E-state index is 5.62. The quantitative estimate of drug-likeness (QED) is 0.683. The van der Waals surface area contributed by atoms with Crippen molar-refractivity contribution in [3.63, 3.8) is 0 Å². The van der Waals surface area contributed by atoms with E-state index in [0.29, 0.717) is 23.5 Å². The number of nitrogens with zero attached hydrogens (tertiary/aromatic N) is 3. The van der Waals surface area contributed by atoms with Crippen molar-refractivity contribution in [2.45, 2.75) is 6.61 Å². The minimum Gasteiger partial charge on any atom is -0.485 e. The molecule has 0 atom stereocenters. The van der Waals surface area contributed by atoms with Gasteiger partial charge in [0.15, 0.2) is 11.1 Å². The smallest absolute Gasteiger partial charge is 0.284 e. The normalized spacial score (nSPS) is 10.6. The highest BCUT2D eigenvalue weighted by atomic mass is 16.5. The van der Waals surface area contributed by atoms with E-state index < -0.39 is 0 Å². The number of hydrogen-bond acceptors (Lipinski definition) is 5. The lowest BCUT2D eigenvalue weighted by Crippen LogP contribution is -1.98. The Hall–Kier alpha value is -2.43. The van der Waals surface area contributed by atoms with Crippen LogP contribution < -0.4 is 4.74 Å². The van der Waals surface area contributed by atoms with Gasteiger partial charge in [-0.05, 0) is 12.1 Å². The van der Waals surface area contributed by atoms with Crippen LogP contribution in [-0.4, -0.2) is 15.0 Å². The number of oxazole rings is 1. The molecule has 0 aliphatic rings. The maximum Gasteiger partial charge on any atom is 0.284 e. The Kier molecular flexibility index (Phi) is 2.42. The molecule has 0 unspecified atom stereocenters. The molecule has 0 spiro atoms. The lowest BCUT2D eigenvalue weighted by atomic mass is 10.3. The van der Waals surface area contributed by atoms with Crippen LogP contribution in [0.3, 0.4) is 0 Å². The molecule has 0 aliphatic carbocycles. The van der Waals surface area contributed by atoms with Crippen LogP contribution in [0.15, 0.2) is 41.2 Å². The summed E-state index contributed by atoms with van der Waals surface area (Å²) in [4.78, 5) is 12.1. The standard InChI is InChI=1S/C12H8N3O2/c1-2-10(12-11(3-1)17-8-15-12)16-7-9-6-13-4-5-14-9/h1-6H,7H2. The highest BCUT2D eigenvalue weighted by Gasteiger charge is 2.06. The highest BCUT2D eigenvalue weighted by molar-refractivity contribution is 5.79. The SMILES string of the molecule is [c]1nc2c(OCc3cnccn3)cccc2o1. The van der Waals surface area contributed by atoms with E-state index in [-0.39, 0.29) is 0 Å². The number of hydrogen-bond donors (Lipinski definition) is 0. The van der Waals surface area contributed by atoms with E-state index >= 15 is 0 Å². The minimum atomic E-state index is 0.347. The molecule has 2 heterocycles. The predicted molar refractivity (Wildman–Crippen MR) is 59.2 cm³/mol. The number of ether oxygens (including phenoxy) is 1. The summed E-state index contributed by atoms with van der Waals surface area (Å²) < 4.78 is 10.7. The number of para-hydroxylation sites is 1. The zero-order chi connectivity index (χ0) is 11.5. The van der Waals surface area contributed by atoms with Crippen LogP contribution in [0.1, 0.15) is 5.69 Å². The van der Waals surface area contributed by atoms with E-state index in [1.165, 1.54) is 0 Å². The number of benzene rings is 1. The largest absolute Gasteiger partial charge is 0.485 e. The second kappa shape index (κ2) is 4.21. The van der Waals surface area contributed by atoms with Crippen LogP contribution in [0, 0.1) is 6.39 Å². The van der Waals surface area contributed by atoms with Gasteiger partial charge in [-0.2, -0.15) is 0 Å². The van der Waals surface area contributed by atoms with Gasteiger partial charge in [-0.3, -0.25) is 9.97 Å². The Labute approximate surface area is 97.1 Å². The topological polar surface area (TPSA) is 61.0 Å². The summed E-state index contributed by atoms with van der Waals surface area (Å²) in [6, 6.07) is 5.48. The second-order valence-electron chi connectivity index (χ2n) is 3.39. The summed E-state index contributed by atoms with van der Waals surface area (Å²) in [5.41, 5.74) is 2.08. The van der Waals surface area contributed by atoms with E-state index in [9.17, 15) is 0 Å². The maximum atomic E-state index is 5.62. The predicted octanol–water partition coefficient (Wildman–Crippen LogP) is 2.00. The van der Waals surface area contributed by atoms with Gasteiger partial charge in [0.05, 0.1) is 11.9 Å². The van der Waals surface area contributed by atoms with Gasteiger partial charge in [-0.25, -0.2) is 4.98 Å². The Morgan fingerprint density at radius 2 is 2.29 bits per heavy atom. The van der Waals surface area contributed by atoms with Crippen LogP contribution in [0.5, 0.6) is 5.75 Å². The molecule has 0 saturated heterocycles. The van der Waals surface area contributed by atoms with Crippen molar-refractivity contribution in [3.05, 3.63) is 48.9 Å². The summed E-state index contributed by atoms with van der Waals surface area (Å²) in [6.45, 7) is 0.347. The third-order valence-electron chi connectivity index (χ3n) is 2.27. The Bertz CT molecular complexity index is 622. The average molecular weight is 226 g/mol. The summed E-state index contributed by atoms with van der Waals surface area (Å²) in [5.74, 6) is 0.651. The Balaban J connectivity index is 1.84. The fourth-order valence-corrected chi connectivity index (χ4v) is 1.49. The van der Waals surface area contributed by atoms with E-state index in [0.717, 1.165) is 5.69 Å². The summed E-state index contributed by atoms with van der Waals surface area (Å²) in [7, 11) is 0. The molecule has 0 aliphatic heterocycles. The molecule has 0 fully saturated rings. The molecule has 1 aromatic carbocycles. The third kappa shape index (κ3) is 1.94. The van der Waals surface area contributed by atoms with Gasteiger partial charge < -0.3 is 9.15 Å². The van der Waals surface area contributed by atoms with Gasteiger partial charge in [-0.1, -0.05) is 6.07 Å². The Morgan fingerprint density at radius 1 is 1.29 bits per heavy atom. The minimum absolute atomic E-state index is 0.347. The summed E-state index contributed by atoms with van der Waals surface area (Å²) in [6.07, 6.45) is 7.36. The fourth-order valence-electron chi connectivity index (χ4n) is 1.49. The van der Waals surface area contributed by atoms with Crippen molar-refractivity contribution in [2.75, 3.05) is 0 Å². The van der Waals surface area contributed by atoms with E-state index in [2.05, 4.69) is 21.3 Å². The monoisotopic (exact) mass is 226 g/mol. The number of fused-ring (bicyclic) bond motifs is 1. The van der Waals surface area contributed by atoms with Crippen LogP contribution in [0.4, 0.5) is 0 Å². The first-order chi connectivity index (χ1) is 8.43. The van der Waals surface area contributed by atoms with Gasteiger partial charge in [0.1, 0.15) is 12.4 Å². The van der Waals surface area contributed by atoms with Crippen molar-refractivity contribution in [3.8, 4) is 5.75 Å². The summed E-state index contributed by atoms with van der Waals surface area (Å²) in [5, 5.41) is 0. The molecule has 83 valence electrons. The van der Waals surface area contributed by atoms with E-state index in [4.69, 9.17) is 9.15 Å². The van der Waals surface area contributed by atoms with Crippen molar-refractivity contribution in [2.24, 2.45) is 0 Å². The highest BCUT2D eigenvalue weighted by Crippen LogP contribution is 2.24. The Morgan fingerprint density at radius 3 is 3.18 bits per heavy atom. The van der Waals surface area contributed by atoms with Crippen LogP contribution in [-0.2, 0) is 6.61 Å². The van der Waals surface area contributed by atoms with E-state index in [1.54, 1.807) is 18.6 Å². The van der Waals surface area contributed by atoms with Crippen molar-refractivity contribution in [1.82, 2.24) is 15.0 Å². The van der Waals surface area contributed by atoms with Gasteiger partial charge in [-0.15, -0.1) is 0 Å². The molecular weight excluding hydrogens is 218 g/mol. The van der Waals surface area contributed by atoms with Crippen molar-refractivity contribution < 1.29 is 9.15 Å². The second-order valence-corrected chi connectivity index (χ2v) is 3.39. The molecule has 17 heavy (non-hydrogen) atoms. The lowest BCUT2D eigenvalue weighted by molar-refractivity contribution is 0.304. The molecule has 3 rings (SSSR count). The molecule has 5 heteroatoms. The zero-order valence-corrected chi connectivity index (χ0v) is 8.83. The first-order valence-corrected chi connectivity index (χ1v) is 5.07. The fraction of sp³-hybridized carbons (Fsp3) is 0.0833. The molecule has 2 aromatic heterocycles. The van der Waals surface area contributed by atoms with Crippen LogP contribution >= 0.6 is 0 Å². The van der Waals surface area contributed by atoms with Crippen molar-refractivity contribution >= 4 is 11.1 Å². The molecule has 1 radical (unpaired) electrons. The van der Waals surface area contributed by atoms with Gasteiger partial charge in [0, 0.05) is 12.4 Å². The lowest BCUT2D eigenvalue weighted by Gasteiger charge is -2.04. The number of aromatic nitrogens is 3. The molecular formula is C12H8N3O2. The van der Waals surface area contributed by atoms with Crippen molar-refractivity contribution in [1.29, 1.82) is 0 Å². The molecule has 0 saturated carbocycles. The van der Waals surface area contributed by atoms with Crippen LogP contribution in [0.25, 0.3) is 11.1 Å². The molecule has 3 aromatic rings. The molecule has 0 bridgehead atoms. The molecule has 5 nitrogen and oxygen atoms in total. The third-order valence-corrected chi connectivity index (χ3v) is 2.27.